The van der Waals surface area contributed by atoms with E-state index in [1.807, 2.05) is 18.2 Å². The van der Waals surface area contributed by atoms with Gasteiger partial charge >= 0.3 is 0 Å². The first kappa shape index (κ1) is 10.1. The van der Waals surface area contributed by atoms with E-state index in [-0.39, 0.29) is 6.67 Å². The molecule has 0 aliphatic rings. The van der Waals surface area contributed by atoms with E-state index in [0.29, 0.717) is 6.42 Å². The topological polar surface area (TPSA) is 28.7 Å². The number of para-hydroxylation sites is 1. The molecule has 0 amide bonds. The van der Waals surface area contributed by atoms with Gasteiger partial charge in [0, 0.05) is 11.1 Å². The predicted octanol–water partition coefficient (Wildman–Crippen LogP) is 3.25. The van der Waals surface area contributed by atoms with Crippen molar-refractivity contribution in [2.75, 3.05) is 6.67 Å². The Morgan fingerprint density at radius 2 is 2.00 bits per heavy atom. The van der Waals surface area contributed by atoms with E-state index in [4.69, 9.17) is 0 Å². The van der Waals surface area contributed by atoms with Gasteiger partial charge in [0.2, 0.25) is 0 Å². The van der Waals surface area contributed by atoms with Crippen molar-refractivity contribution in [3.8, 4) is 0 Å². The number of aryl methyl sites for hydroxylation is 1. The van der Waals surface area contributed by atoms with Crippen molar-refractivity contribution in [1.29, 1.82) is 0 Å². The standard InChI is InChI=1S/C12H15FN2/c13-9-5-1-2-7-11-10-6-3-4-8-12(10)15-14-11/h3-4,6,8H,1-2,5,7,9H2,(H,14,15). The van der Waals surface area contributed by atoms with Crippen LogP contribution in [0.25, 0.3) is 10.9 Å². The molecule has 0 saturated heterocycles. The Morgan fingerprint density at radius 1 is 1.13 bits per heavy atom. The second-order valence-electron chi connectivity index (χ2n) is 3.72. The predicted molar refractivity (Wildman–Crippen MR) is 59.6 cm³/mol. The molecule has 0 spiro atoms. The summed E-state index contributed by atoms with van der Waals surface area (Å²) in [7, 11) is 0. The number of unbranched alkanes of at least 4 members (excludes halogenated alkanes) is 2. The molecule has 0 fully saturated rings. The lowest BCUT2D eigenvalue weighted by Crippen LogP contribution is -1.87. The molecule has 2 nitrogen and oxygen atoms in total. The Balaban J connectivity index is 2.02. The van der Waals surface area contributed by atoms with Gasteiger partial charge in [-0.2, -0.15) is 5.10 Å². The number of aromatic amines is 1. The van der Waals surface area contributed by atoms with E-state index >= 15 is 0 Å². The third-order valence-electron chi connectivity index (χ3n) is 2.60. The lowest BCUT2D eigenvalue weighted by Gasteiger charge is -1.97. The number of aromatic nitrogens is 2. The van der Waals surface area contributed by atoms with Crippen molar-refractivity contribution in [1.82, 2.24) is 10.2 Å². The van der Waals surface area contributed by atoms with Crippen LogP contribution in [-0.4, -0.2) is 16.9 Å². The molecule has 1 N–H and O–H groups in total. The lowest BCUT2D eigenvalue weighted by molar-refractivity contribution is 0.456. The van der Waals surface area contributed by atoms with Gasteiger partial charge in [0.05, 0.1) is 12.2 Å². The van der Waals surface area contributed by atoms with Crippen LogP contribution < -0.4 is 0 Å². The van der Waals surface area contributed by atoms with Crippen molar-refractivity contribution in [2.45, 2.75) is 25.7 Å². The van der Waals surface area contributed by atoms with Crippen molar-refractivity contribution in [3.63, 3.8) is 0 Å². The Hall–Kier alpha value is -1.38. The SMILES string of the molecule is FCCCCCc1[nH]nc2ccccc12. The first-order valence-electron chi connectivity index (χ1n) is 5.40. The fraction of sp³-hybridized carbons (Fsp3) is 0.417. The monoisotopic (exact) mass is 206 g/mol. The molecule has 0 saturated carbocycles. The molecule has 0 radical (unpaired) electrons. The molecule has 0 unspecified atom stereocenters. The van der Waals surface area contributed by atoms with Crippen LogP contribution in [0, 0.1) is 0 Å². The molecule has 3 heteroatoms. The largest absolute Gasteiger partial charge is 0.281 e. The number of hydrogen-bond acceptors (Lipinski definition) is 1. The van der Waals surface area contributed by atoms with E-state index in [1.165, 1.54) is 11.1 Å². The summed E-state index contributed by atoms with van der Waals surface area (Å²) >= 11 is 0. The highest BCUT2D eigenvalue weighted by atomic mass is 19.1. The number of nitrogens with zero attached hydrogens (tertiary/aromatic N) is 1. The smallest absolute Gasteiger partial charge is 0.0923 e. The van der Waals surface area contributed by atoms with Crippen molar-refractivity contribution >= 4 is 10.9 Å². The number of fused-ring (bicyclic) bond motifs is 1. The van der Waals surface area contributed by atoms with Crippen LogP contribution in [0.2, 0.25) is 0 Å². The van der Waals surface area contributed by atoms with Crippen LogP contribution in [0.15, 0.2) is 24.3 Å². The zero-order valence-corrected chi connectivity index (χ0v) is 8.67. The number of alkyl halides is 1. The molecule has 1 aromatic heterocycles. The number of benzene rings is 1. The third kappa shape index (κ3) is 2.35. The van der Waals surface area contributed by atoms with Gasteiger partial charge in [0.15, 0.2) is 0 Å². The minimum Gasteiger partial charge on any atom is -0.281 e. The fourth-order valence-electron chi connectivity index (χ4n) is 1.78. The van der Waals surface area contributed by atoms with Crippen LogP contribution in [0.4, 0.5) is 4.39 Å². The second kappa shape index (κ2) is 4.91. The van der Waals surface area contributed by atoms with Gasteiger partial charge in [-0.3, -0.25) is 9.49 Å². The zero-order valence-electron chi connectivity index (χ0n) is 8.67. The minimum atomic E-state index is -0.205. The molecule has 2 rings (SSSR count). The summed E-state index contributed by atoms with van der Waals surface area (Å²) in [6, 6.07) is 8.07. The number of hydrogen-bond donors (Lipinski definition) is 1. The molecule has 80 valence electrons. The quantitative estimate of drug-likeness (QED) is 0.747. The molecule has 1 aromatic carbocycles. The Kier molecular flexibility index (Phi) is 3.33. The van der Waals surface area contributed by atoms with Gasteiger partial charge in [-0.1, -0.05) is 24.6 Å². The van der Waals surface area contributed by atoms with Crippen LogP contribution in [0.3, 0.4) is 0 Å². The van der Waals surface area contributed by atoms with Gasteiger partial charge in [0.1, 0.15) is 0 Å². The third-order valence-corrected chi connectivity index (χ3v) is 2.60. The first-order valence-corrected chi connectivity index (χ1v) is 5.40. The van der Waals surface area contributed by atoms with Crippen LogP contribution in [-0.2, 0) is 6.42 Å². The van der Waals surface area contributed by atoms with Gasteiger partial charge in [0.25, 0.3) is 0 Å². The van der Waals surface area contributed by atoms with Gasteiger partial charge in [-0.05, 0) is 25.3 Å². The Bertz CT molecular complexity index is 422. The molecule has 1 heterocycles. The summed E-state index contributed by atoms with van der Waals surface area (Å²) < 4.78 is 11.9. The van der Waals surface area contributed by atoms with Crippen LogP contribution in [0.5, 0.6) is 0 Å². The first-order chi connectivity index (χ1) is 7.42. The molecule has 0 atom stereocenters. The summed E-state index contributed by atoms with van der Waals surface area (Å²) in [4.78, 5) is 0. The molecule has 15 heavy (non-hydrogen) atoms. The number of H-pyrrole nitrogens is 1. The van der Waals surface area contributed by atoms with E-state index in [9.17, 15) is 4.39 Å². The van der Waals surface area contributed by atoms with Crippen molar-refractivity contribution < 1.29 is 4.39 Å². The summed E-state index contributed by atoms with van der Waals surface area (Å²) in [5.74, 6) is 0. The highest BCUT2D eigenvalue weighted by Crippen LogP contribution is 2.17. The van der Waals surface area contributed by atoms with E-state index in [2.05, 4.69) is 16.3 Å². The highest BCUT2D eigenvalue weighted by Gasteiger charge is 2.03. The summed E-state index contributed by atoms with van der Waals surface area (Å²) in [5.41, 5.74) is 2.18. The van der Waals surface area contributed by atoms with Crippen LogP contribution >= 0.6 is 0 Å². The normalized spacial score (nSPS) is 11.0. The number of nitrogens with one attached hydrogen (secondary N) is 1. The maximum atomic E-state index is 11.9. The maximum absolute atomic E-state index is 11.9. The van der Waals surface area contributed by atoms with Crippen molar-refractivity contribution in [2.24, 2.45) is 0 Å². The van der Waals surface area contributed by atoms with Crippen molar-refractivity contribution in [3.05, 3.63) is 30.0 Å². The summed E-state index contributed by atoms with van der Waals surface area (Å²) in [6.45, 7) is -0.205. The van der Waals surface area contributed by atoms with Gasteiger partial charge in [-0.25, -0.2) is 0 Å². The van der Waals surface area contributed by atoms with E-state index in [0.717, 1.165) is 24.8 Å². The Labute approximate surface area is 88.5 Å². The second-order valence-corrected chi connectivity index (χ2v) is 3.72. The molecule has 0 bridgehead atoms. The fourth-order valence-corrected chi connectivity index (χ4v) is 1.78. The summed E-state index contributed by atoms with van der Waals surface area (Å²) in [6.07, 6.45) is 3.60. The average Bonchev–Trinajstić information content (AvgIpc) is 2.68. The molecular weight excluding hydrogens is 191 g/mol. The molecule has 2 aromatic rings. The lowest BCUT2D eigenvalue weighted by atomic mass is 10.1. The number of halogens is 1. The highest BCUT2D eigenvalue weighted by molar-refractivity contribution is 5.81. The van der Waals surface area contributed by atoms with Crippen LogP contribution in [0.1, 0.15) is 25.0 Å². The van der Waals surface area contributed by atoms with E-state index in [1.54, 1.807) is 0 Å². The minimum absolute atomic E-state index is 0.205. The number of rotatable bonds is 5. The maximum Gasteiger partial charge on any atom is 0.0923 e. The molecular formula is C12H15FN2. The summed E-state index contributed by atoms with van der Waals surface area (Å²) in [5, 5.41) is 8.46. The van der Waals surface area contributed by atoms with Gasteiger partial charge in [-0.15, -0.1) is 0 Å². The van der Waals surface area contributed by atoms with E-state index < -0.39 is 0 Å². The Morgan fingerprint density at radius 3 is 2.87 bits per heavy atom. The zero-order chi connectivity index (χ0) is 10.5. The molecule has 0 aliphatic heterocycles. The van der Waals surface area contributed by atoms with Gasteiger partial charge < -0.3 is 0 Å². The molecule has 0 aliphatic carbocycles. The average molecular weight is 206 g/mol.